The van der Waals surface area contributed by atoms with Crippen molar-refractivity contribution in [3.8, 4) is 0 Å². The van der Waals surface area contributed by atoms with Gasteiger partial charge in [0.2, 0.25) is 0 Å². The van der Waals surface area contributed by atoms with Gasteiger partial charge < -0.3 is 18.9 Å². The highest BCUT2D eigenvalue weighted by Gasteiger charge is 2.49. The number of nitrogens with zero attached hydrogens (tertiary/aromatic N) is 3. The molecule has 24 heavy (non-hydrogen) atoms. The van der Waals surface area contributed by atoms with Gasteiger partial charge in [0.15, 0.2) is 0 Å². The number of hydrogen-bond donors (Lipinski definition) is 0. The Morgan fingerprint density at radius 3 is 2.75 bits per heavy atom. The van der Waals surface area contributed by atoms with Gasteiger partial charge in [0.05, 0.1) is 30.5 Å². The molecule has 2 aromatic heterocycles. The minimum atomic E-state index is -1.03. The smallest absolute Gasteiger partial charge is 0.141 e. The molecule has 4 heterocycles. The van der Waals surface area contributed by atoms with Crippen LogP contribution in [0.3, 0.4) is 0 Å². The fraction of sp³-hybridized carbons (Fsp3) is 0.611. The van der Waals surface area contributed by atoms with Crippen LogP contribution in [0.5, 0.6) is 0 Å². The van der Waals surface area contributed by atoms with E-state index in [2.05, 4.69) is 52.4 Å². The molecule has 4 rings (SSSR count). The lowest BCUT2D eigenvalue weighted by atomic mass is 9.78. The largest absolute Gasteiger partial charge is 0.380 e. The molecule has 2 saturated heterocycles. The van der Waals surface area contributed by atoms with Gasteiger partial charge in [-0.3, -0.25) is 0 Å². The number of hydrogen-bond acceptors (Lipinski definition) is 4. The van der Waals surface area contributed by atoms with Gasteiger partial charge in [-0.1, -0.05) is 19.6 Å². The van der Waals surface area contributed by atoms with Crippen LogP contribution in [0.2, 0.25) is 25.7 Å². The minimum absolute atomic E-state index is 0.436. The third-order valence-corrected chi connectivity index (χ3v) is 6.75. The fourth-order valence-electron chi connectivity index (χ4n) is 3.40. The van der Waals surface area contributed by atoms with Crippen LogP contribution < -0.4 is 4.90 Å². The van der Waals surface area contributed by atoms with Crippen molar-refractivity contribution in [3.05, 3.63) is 24.5 Å². The third kappa shape index (κ3) is 3.10. The quantitative estimate of drug-likeness (QED) is 0.595. The van der Waals surface area contributed by atoms with E-state index in [1.807, 2.05) is 6.20 Å². The van der Waals surface area contributed by atoms with E-state index in [9.17, 15) is 0 Å². The molecule has 0 aliphatic carbocycles. The summed E-state index contributed by atoms with van der Waals surface area (Å²) < 4.78 is 13.3. The number of pyridine rings is 1. The van der Waals surface area contributed by atoms with Crippen LogP contribution in [0, 0.1) is 5.41 Å². The van der Waals surface area contributed by atoms with E-state index in [0.717, 1.165) is 38.6 Å². The Labute approximate surface area is 144 Å². The topological polar surface area (TPSA) is 39.5 Å². The Morgan fingerprint density at radius 2 is 2.08 bits per heavy atom. The van der Waals surface area contributed by atoms with Gasteiger partial charge in [-0.2, -0.15) is 0 Å². The standard InChI is InChI=1S/C18H27N3O2Si/c1-24(2,3)7-6-22-14-20-5-4-15-8-16(9-19-17(15)20)21-10-18(11-21)12-23-13-18/h4-5,8-9H,6-7,10-14H2,1-3H3. The second-order valence-corrected chi connectivity index (χ2v) is 14.2. The van der Waals surface area contributed by atoms with E-state index in [1.165, 1.54) is 17.1 Å². The maximum absolute atomic E-state index is 5.86. The molecule has 2 aliphatic heterocycles. The molecule has 0 unspecified atom stereocenters. The van der Waals surface area contributed by atoms with Gasteiger partial charge in [-0.05, 0) is 18.2 Å². The fourth-order valence-corrected chi connectivity index (χ4v) is 4.16. The van der Waals surface area contributed by atoms with E-state index < -0.39 is 8.07 Å². The Balaban J connectivity index is 1.38. The van der Waals surface area contributed by atoms with Crippen molar-refractivity contribution in [1.82, 2.24) is 9.55 Å². The van der Waals surface area contributed by atoms with Crippen molar-refractivity contribution in [2.45, 2.75) is 32.4 Å². The Kier molecular flexibility index (Phi) is 3.93. The van der Waals surface area contributed by atoms with Crippen molar-refractivity contribution in [2.24, 2.45) is 5.41 Å². The van der Waals surface area contributed by atoms with Gasteiger partial charge in [-0.25, -0.2) is 4.98 Å². The third-order valence-electron chi connectivity index (χ3n) is 5.05. The Bertz CT molecular complexity index is 725. The maximum Gasteiger partial charge on any atom is 0.141 e. The van der Waals surface area contributed by atoms with Crippen LogP contribution in [0.4, 0.5) is 5.69 Å². The van der Waals surface area contributed by atoms with Crippen molar-refractivity contribution >= 4 is 24.8 Å². The maximum atomic E-state index is 5.86. The predicted molar refractivity (Wildman–Crippen MR) is 99.3 cm³/mol. The molecular formula is C18H27N3O2Si. The molecular weight excluding hydrogens is 318 g/mol. The molecule has 0 radical (unpaired) electrons. The van der Waals surface area contributed by atoms with E-state index in [-0.39, 0.29) is 0 Å². The van der Waals surface area contributed by atoms with Crippen LogP contribution in [0.15, 0.2) is 24.5 Å². The summed E-state index contributed by atoms with van der Waals surface area (Å²) in [6.07, 6.45) is 4.07. The molecule has 130 valence electrons. The molecule has 2 fully saturated rings. The summed E-state index contributed by atoms with van der Waals surface area (Å²) in [5, 5.41) is 1.19. The summed E-state index contributed by atoms with van der Waals surface area (Å²) in [4.78, 5) is 7.08. The molecule has 0 amide bonds. The molecule has 1 spiro atoms. The first kappa shape index (κ1) is 16.1. The zero-order valence-electron chi connectivity index (χ0n) is 14.9. The first-order chi connectivity index (χ1) is 11.4. The lowest BCUT2D eigenvalue weighted by Crippen LogP contribution is -2.66. The van der Waals surface area contributed by atoms with E-state index in [1.54, 1.807) is 0 Å². The van der Waals surface area contributed by atoms with E-state index in [4.69, 9.17) is 9.47 Å². The van der Waals surface area contributed by atoms with Crippen molar-refractivity contribution in [3.63, 3.8) is 0 Å². The lowest BCUT2D eigenvalue weighted by Gasteiger charge is -2.55. The average Bonchev–Trinajstić information content (AvgIpc) is 2.82. The molecule has 0 saturated carbocycles. The summed E-state index contributed by atoms with van der Waals surface area (Å²) in [7, 11) is -1.03. The molecule has 2 aliphatic rings. The monoisotopic (exact) mass is 345 g/mol. The number of rotatable bonds is 6. The summed E-state index contributed by atoms with van der Waals surface area (Å²) in [5.41, 5.74) is 2.66. The number of anilines is 1. The average molecular weight is 346 g/mol. The first-order valence-electron chi connectivity index (χ1n) is 8.80. The Hall–Kier alpha value is -1.37. The summed E-state index contributed by atoms with van der Waals surface area (Å²) in [5.74, 6) is 0. The SMILES string of the molecule is C[Si](C)(C)CCOCn1ccc2cc(N3CC4(COC4)C3)cnc21. The molecule has 0 aromatic carbocycles. The zero-order chi connectivity index (χ0) is 16.8. The molecule has 0 N–H and O–H groups in total. The highest BCUT2D eigenvalue weighted by Crippen LogP contribution is 2.40. The van der Waals surface area contributed by atoms with Gasteiger partial charge in [0.1, 0.15) is 12.4 Å². The molecule has 2 aromatic rings. The Morgan fingerprint density at radius 1 is 1.29 bits per heavy atom. The number of ether oxygens (including phenoxy) is 2. The van der Waals surface area contributed by atoms with Crippen LogP contribution in [-0.2, 0) is 16.2 Å². The van der Waals surface area contributed by atoms with Gasteiger partial charge in [-0.15, -0.1) is 0 Å². The van der Waals surface area contributed by atoms with Crippen LogP contribution in [0.1, 0.15) is 0 Å². The molecule has 0 bridgehead atoms. The number of aromatic nitrogens is 2. The highest BCUT2D eigenvalue weighted by molar-refractivity contribution is 6.76. The zero-order valence-corrected chi connectivity index (χ0v) is 15.9. The highest BCUT2D eigenvalue weighted by atomic mass is 28.3. The van der Waals surface area contributed by atoms with Crippen LogP contribution >= 0.6 is 0 Å². The van der Waals surface area contributed by atoms with Crippen molar-refractivity contribution < 1.29 is 9.47 Å². The minimum Gasteiger partial charge on any atom is -0.380 e. The summed E-state index contributed by atoms with van der Waals surface area (Å²) in [6, 6.07) is 5.58. The summed E-state index contributed by atoms with van der Waals surface area (Å²) in [6.45, 7) is 12.6. The number of fused-ring (bicyclic) bond motifs is 1. The first-order valence-corrected chi connectivity index (χ1v) is 12.5. The van der Waals surface area contributed by atoms with Gasteiger partial charge in [0, 0.05) is 39.4 Å². The van der Waals surface area contributed by atoms with Crippen molar-refractivity contribution in [2.75, 3.05) is 37.8 Å². The lowest BCUT2D eigenvalue weighted by molar-refractivity contribution is -0.127. The summed E-state index contributed by atoms with van der Waals surface area (Å²) >= 11 is 0. The predicted octanol–water partition coefficient (Wildman–Crippen LogP) is 3.19. The normalized spacial score (nSPS) is 19.5. The van der Waals surface area contributed by atoms with E-state index in [0.29, 0.717) is 12.1 Å². The molecule has 5 nitrogen and oxygen atoms in total. The van der Waals surface area contributed by atoms with Crippen LogP contribution in [0.25, 0.3) is 11.0 Å². The van der Waals surface area contributed by atoms with Crippen molar-refractivity contribution in [1.29, 1.82) is 0 Å². The van der Waals surface area contributed by atoms with Crippen LogP contribution in [-0.4, -0.2) is 50.5 Å². The molecule has 0 atom stereocenters. The van der Waals surface area contributed by atoms with Gasteiger partial charge in [0.25, 0.3) is 0 Å². The second kappa shape index (κ2) is 5.86. The van der Waals surface area contributed by atoms with Gasteiger partial charge >= 0.3 is 0 Å². The second-order valence-electron chi connectivity index (χ2n) is 8.59. The molecule has 6 heteroatoms. The van der Waals surface area contributed by atoms with E-state index >= 15 is 0 Å².